The van der Waals surface area contributed by atoms with E-state index in [1.54, 1.807) is 11.9 Å². The minimum absolute atomic E-state index is 0.0135. The fourth-order valence-corrected chi connectivity index (χ4v) is 1.90. The molecule has 108 valence electrons. The molecule has 0 aromatic rings. The van der Waals surface area contributed by atoms with Crippen LogP contribution in [0.5, 0.6) is 0 Å². The van der Waals surface area contributed by atoms with Crippen molar-refractivity contribution in [1.82, 2.24) is 15.1 Å². The number of hydrogen-bond donors (Lipinski definition) is 2. The van der Waals surface area contributed by atoms with Crippen LogP contribution < -0.4 is 11.1 Å². The van der Waals surface area contributed by atoms with Crippen LogP contribution in [0.3, 0.4) is 0 Å². The van der Waals surface area contributed by atoms with Crippen molar-refractivity contribution in [2.75, 3.05) is 41.3 Å². The van der Waals surface area contributed by atoms with E-state index in [0.29, 0.717) is 12.4 Å². The number of allylic oxidation sites excluding steroid dienone is 1. The maximum absolute atomic E-state index is 11.1. The molecule has 1 rings (SSSR count). The maximum atomic E-state index is 11.1. The third-order valence-electron chi connectivity index (χ3n) is 2.84. The van der Waals surface area contributed by atoms with Crippen molar-refractivity contribution >= 4 is 0 Å². The van der Waals surface area contributed by atoms with E-state index in [9.17, 15) is 10.1 Å². The molecule has 1 atom stereocenters. The summed E-state index contributed by atoms with van der Waals surface area (Å²) < 4.78 is 5.16. The molecule has 19 heavy (non-hydrogen) atoms. The molecule has 0 bridgehead atoms. The van der Waals surface area contributed by atoms with Crippen LogP contribution in [0.15, 0.2) is 23.4 Å². The average Bonchev–Trinajstić information content (AvgIpc) is 2.31. The molecule has 3 N–H and O–H groups in total. The van der Waals surface area contributed by atoms with E-state index in [-0.39, 0.29) is 11.4 Å². The second kappa shape index (κ2) is 6.39. The molecule has 0 aromatic heterocycles. The van der Waals surface area contributed by atoms with Gasteiger partial charge in [0.1, 0.15) is 0 Å². The fraction of sp³-hybridized carbons (Fsp3) is 0.636. The van der Waals surface area contributed by atoms with Gasteiger partial charge < -0.3 is 20.3 Å². The molecule has 0 amide bonds. The Balaban J connectivity index is 2.89. The van der Waals surface area contributed by atoms with Gasteiger partial charge >= 0.3 is 0 Å². The largest absolute Gasteiger partial charge is 0.481 e. The third-order valence-corrected chi connectivity index (χ3v) is 2.84. The third kappa shape index (κ3) is 3.58. The number of nitrogens with two attached hydrogens (primary N) is 1. The van der Waals surface area contributed by atoms with Gasteiger partial charge in [0.05, 0.1) is 17.7 Å². The smallest absolute Gasteiger partial charge is 0.285 e. The van der Waals surface area contributed by atoms with Crippen molar-refractivity contribution in [3.63, 3.8) is 0 Å². The van der Waals surface area contributed by atoms with Crippen LogP contribution in [0.4, 0.5) is 0 Å². The highest BCUT2D eigenvalue weighted by Gasteiger charge is 2.35. The normalized spacial score (nSPS) is 19.7. The molecule has 0 aliphatic carbocycles. The number of methoxy groups -OCH3 is 1. The first kappa shape index (κ1) is 15.3. The van der Waals surface area contributed by atoms with Gasteiger partial charge in [-0.1, -0.05) is 0 Å². The topological polar surface area (TPSA) is 96.9 Å². The van der Waals surface area contributed by atoms with Crippen molar-refractivity contribution in [3.05, 3.63) is 33.5 Å². The predicted molar refractivity (Wildman–Crippen MR) is 71.4 cm³/mol. The first-order chi connectivity index (χ1) is 8.88. The molecule has 0 saturated carbocycles. The number of nitrogens with one attached hydrogen (secondary N) is 1. The molecule has 8 nitrogen and oxygen atoms in total. The monoisotopic (exact) mass is 271 g/mol. The molecule has 0 aromatic carbocycles. The van der Waals surface area contributed by atoms with E-state index < -0.39 is 11.1 Å². The number of nitrogens with zero attached hydrogens (tertiary/aromatic N) is 3. The van der Waals surface area contributed by atoms with Crippen molar-refractivity contribution in [3.8, 4) is 0 Å². The summed E-state index contributed by atoms with van der Waals surface area (Å²) in [4.78, 5) is 14.3. The van der Waals surface area contributed by atoms with E-state index >= 15 is 0 Å². The second-order valence-electron chi connectivity index (χ2n) is 4.56. The van der Waals surface area contributed by atoms with Gasteiger partial charge in [0.25, 0.3) is 5.70 Å². The van der Waals surface area contributed by atoms with E-state index in [0.717, 1.165) is 6.54 Å². The van der Waals surface area contributed by atoms with Gasteiger partial charge in [-0.05, 0) is 14.1 Å². The van der Waals surface area contributed by atoms with E-state index in [1.165, 1.54) is 13.2 Å². The summed E-state index contributed by atoms with van der Waals surface area (Å²) in [6.45, 7) is 1.39. The number of nitro groups is 1. The van der Waals surface area contributed by atoms with Crippen LogP contribution >= 0.6 is 0 Å². The maximum Gasteiger partial charge on any atom is 0.285 e. The van der Waals surface area contributed by atoms with E-state index in [4.69, 9.17) is 10.5 Å². The highest BCUT2D eigenvalue weighted by atomic mass is 16.6. The number of hydrogen-bond acceptors (Lipinski definition) is 7. The Labute approximate surface area is 112 Å². The fourth-order valence-electron chi connectivity index (χ4n) is 1.90. The average molecular weight is 271 g/mol. The molecule has 0 radical (unpaired) electrons. The lowest BCUT2D eigenvalue weighted by Crippen LogP contribution is -2.50. The lowest BCUT2D eigenvalue weighted by molar-refractivity contribution is -0.434. The van der Waals surface area contributed by atoms with E-state index in [1.807, 2.05) is 19.0 Å². The van der Waals surface area contributed by atoms with Crippen LogP contribution in [-0.4, -0.2) is 62.2 Å². The molecule has 1 aliphatic heterocycles. The minimum Gasteiger partial charge on any atom is -0.481 e. The zero-order chi connectivity index (χ0) is 14.6. The van der Waals surface area contributed by atoms with Gasteiger partial charge in [0, 0.05) is 26.2 Å². The molecule has 0 fully saturated rings. The van der Waals surface area contributed by atoms with Crippen LogP contribution in [0.25, 0.3) is 0 Å². The molecular weight excluding hydrogens is 250 g/mol. The summed E-state index contributed by atoms with van der Waals surface area (Å²) in [5.74, 6) is 0.424. The molecule has 8 heteroatoms. The Hall–Kier alpha value is -1.80. The molecule has 1 aliphatic rings. The van der Waals surface area contributed by atoms with Crippen molar-refractivity contribution in [2.24, 2.45) is 5.73 Å². The van der Waals surface area contributed by atoms with E-state index in [2.05, 4.69) is 5.32 Å². The Morgan fingerprint density at radius 3 is 2.74 bits per heavy atom. The zero-order valence-electron chi connectivity index (χ0n) is 11.7. The van der Waals surface area contributed by atoms with Crippen molar-refractivity contribution in [1.29, 1.82) is 0 Å². The Kier molecular flexibility index (Phi) is 5.13. The van der Waals surface area contributed by atoms with Gasteiger partial charge in [-0.2, -0.15) is 0 Å². The highest BCUT2D eigenvalue weighted by molar-refractivity contribution is 5.28. The molecular formula is C11H21N5O3. The number of rotatable bonds is 6. The summed E-state index contributed by atoms with van der Waals surface area (Å²) in [7, 11) is 7.07. The summed E-state index contributed by atoms with van der Waals surface area (Å²) >= 11 is 0. The number of likely N-dealkylation sites (N-methyl/N-ethyl adjacent to an activating group) is 2. The Bertz CT molecular complexity index is 405. The molecule has 1 unspecified atom stereocenters. The highest BCUT2D eigenvalue weighted by Crippen LogP contribution is 2.22. The zero-order valence-corrected chi connectivity index (χ0v) is 11.7. The predicted octanol–water partition coefficient (Wildman–Crippen LogP) is -0.656. The summed E-state index contributed by atoms with van der Waals surface area (Å²) in [5.41, 5.74) is 6.01. The van der Waals surface area contributed by atoms with Crippen LogP contribution in [0.2, 0.25) is 0 Å². The Morgan fingerprint density at radius 1 is 1.63 bits per heavy atom. The minimum atomic E-state index is -0.558. The molecule has 1 heterocycles. The van der Waals surface area contributed by atoms with Crippen molar-refractivity contribution in [2.45, 2.75) is 6.17 Å². The molecule has 0 spiro atoms. The lowest BCUT2D eigenvalue weighted by Gasteiger charge is -2.32. The first-order valence-electron chi connectivity index (χ1n) is 5.89. The van der Waals surface area contributed by atoms with Crippen molar-refractivity contribution < 1.29 is 9.66 Å². The summed E-state index contributed by atoms with van der Waals surface area (Å²) in [5, 5.41) is 14.2. The first-order valence-corrected chi connectivity index (χ1v) is 5.89. The Morgan fingerprint density at radius 2 is 2.26 bits per heavy atom. The number of ether oxygens (including phenoxy) is 1. The second-order valence-corrected chi connectivity index (χ2v) is 4.56. The summed E-state index contributed by atoms with van der Waals surface area (Å²) in [6.07, 6.45) is 0.781. The van der Waals surface area contributed by atoms with Crippen LogP contribution in [-0.2, 0) is 4.74 Å². The van der Waals surface area contributed by atoms with Gasteiger partial charge in [0.15, 0.2) is 6.17 Å². The van der Waals surface area contributed by atoms with Gasteiger partial charge in [-0.3, -0.25) is 15.4 Å². The standard InChI is InChI=1S/C11H21N5O3/c1-14(2)6-5-13-10-9(16(17)18)7-8(12)11(19-4)15(10)3/h7,10,13H,5-6,12H2,1-4H3. The van der Waals surface area contributed by atoms with Gasteiger partial charge in [-0.25, -0.2) is 0 Å². The van der Waals surface area contributed by atoms with Gasteiger partial charge in [0.2, 0.25) is 5.88 Å². The summed E-state index contributed by atoms with van der Waals surface area (Å²) in [6, 6.07) is 0. The van der Waals surface area contributed by atoms with Gasteiger partial charge in [-0.15, -0.1) is 0 Å². The van der Waals surface area contributed by atoms with Crippen LogP contribution in [0.1, 0.15) is 0 Å². The lowest BCUT2D eigenvalue weighted by atomic mass is 10.2. The quantitative estimate of drug-likeness (QED) is 0.489. The van der Waals surface area contributed by atoms with Crippen LogP contribution in [0, 0.1) is 10.1 Å². The molecule has 0 saturated heterocycles. The SMILES string of the molecule is COC1=C(N)C=C([N+](=O)[O-])C(NCCN(C)C)N1C.